The first-order chi connectivity index (χ1) is 18.3. The molecule has 3 heterocycles. The quantitative estimate of drug-likeness (QED) is 0.187. The molecule has 8 nitrogen and oxygen atoms in total. The number of aromatic nitrogens is 4. The minimum absolute atomic E-state index is 0.0935. The van der Waals surface area contributed by atoms with Gasteiger partial charge in [0.1, 0.15) is 33.8 Å². The number of anilines is 3. The Morgan fingerprint density at radius 1 is 1.05 bits per heavy atom. The third kappa shape index (κ3) is 4.79. The van der Waals surface area contributed by atoms with Crippen molar-refractivity contribution in [1.82, 2.24) is 19.6 Å². The smallest absolute Gasteiger partial charge is 0.416 e. The topological polar surface area (TPSA) is 114 Å². The zero-order valence-corrected chi connectivity index (χ0v) is 20.5. The van der Waals surface area contributed by atoms with E-state index in [2.05, 4.69) is 26.5 Å². The van der Waals surface area contributed by atoms with Crippen molar-refractivity contribution in [1.29, 1.82) is 5.26 Å². The van der Waals surface area contributed by atoms with Gasteiger partial charge < -0.3 is 15.8 Å². The Kier molecular flexibility index (Phi) is 6.52. The monoisotopic (exact) mass is 533 g/mol. The molecule has 0 amide bonds. The molecule has 3 aromatic heterocycles. The van der Waals surface area contributed by atoms with E-state index in [1.165, 1.54) is 28.4 Å². The largest absolute Gasteiger partial charge is 0.457 e. The highest BCUT2D eigenvalue weighted by atomic mass is 32.2. The molecule has 12 heteroatoms. The molecule has 0 atom stereocenters. The van der Waals surface area contributed by atoms with Crippen LogP contribution in [0.2, 0.25) is 0 Å². The number of halogens is 3. The van der Waals surface area contributed by atoms with Gasteiger partial charge in [0.25, 0.3) is 0 Å². The number of nitrogen functional groups attached to an aromatic ring is 1. The SMILES string of the molecule is CSc1nc2c(N)c(Nc3ccc(Oc4ccncc4)cc3)nn2c(-c2cccc(C(F)(F)F)c2)c1C#N. The lowest BCUT2D eigenvalue weighted by Gasteiger charge is -2.12. The molecule has 0 aliphatic carbocycles. The molecule has 0 unspecified atom stereocenters. The highest BCUT2D eigenvalue weighted by Gasteiger charge is 2.31. The Bertz CT molecular complexity index is 1660. The highest BCUT2D eigenvalue weighted by Crippen LogP contribution is 2.37. The molecule has 0 saturated heterocycles. The van der Waals surface area contributed by atoms with Crippen LogP contribution in [-0.2, 0) is 6.18 Å². The number of hydrogen-bond donors (Lipinski definition) is 2. The lowest BCUT2D eigenvalue weighted by Crippen LogP contribution is -2.07. The molecule has 0 aliphatic heterocycles. The number of fused-ring (bicyclic) bond motifs is 1. The normalized spacial score (nSPS) is 11.3. The minimum atomic E-state index is -4.56. The van der Waals surface area contributed by atoms with Crippen molar-refractivity contribution in [2.45, 2.75) is 11.2 Å². The van der Waals surface area contributed by atoms with Crippen LogP contribution in [0.15, 0.2) is 78.1 Å². The molecule has 0 spiro atoms. The predicted octanol–water partition coefficient (Wildman–Crippen LogP) is 6.52. The Morgan fingerprint density at radius 3 is 2.42 bits per heavy atom. The van der Waals surface area contributed by atoms with Gasteiger partial charge in [0, 0.05) is 23.6 Å². The number of nitriles is 1. The summed E-state index contributed by atoms with van der Waals surface area (Å²) in [6, 6.07) is 17.3. The van der Waals surface area contributed by atoms with Crippen LogP contribution in [0.4, 0.5) is 30.4 Å². The van der Waals surface area contributed by atoms with Crippen molar-refractivity contribution in [2.75, 3.05) is 17.3 Å². The molecule has 5 rings (SSSR count). The van der Waals surface area contributed by atoms with E-state index in [1.54, 1.807) is 55.0 Å². The fraction of sp³-hybridized carbons (Fsp3) is 0.0769. The summed E-state index contributed by atoms with van der Waals surface area (Å²) in [5.41, 5.74) is 6.95. The zero-order valence-electron chi connectivity index (χ0n) is 19.7. The van der Waals surface area contributed by atoms with Gasteiger partial charge in [0.05, 0.1) is 11.3 Å². The molecular weight excluding hydrogens is 515 g/mol. The fourth-order valence-electron chi connectivity index (χ4n) is 3.78. The lowest BCUT2D eigenvalue weighted by atomic mass is 10.0. The van der Waals surface area contributed by atoms with Gasteiger partial charge in [0.15, 0.2) is 11.5 Å². The van der Waals surface area contributed by atoms with Gasteiger partial charge in [-0.05, 0) is 54.8 Å². The van der Waals surface area contributed by atoms with E-state index in [0.717, 1.165) is 12.1 Å². The number of rotatable bonds is 6. The number of benzene rings is 2. The van der Waals surface area contributed by atoms with E-state index in [-0.39, 0.29) is 34.0 Å². The van der Waals surface area contributed by atoms with Crippen LogP contribution in [0.1, 0.15) is 11.1 Å². The van der Waals surface area contributed by atoms with Gasteiger partial charge in [0.2, 0.25) is 0 Å². The average Bonchev–Trinajstić information content (AvgIpc) is 3.23. The second-order valence-corrected chi connectivity index (χ2v) is 8.76. The number of nitrogens with one attached hydrogen (secondary N) is 1. The maximum atomic E-state index is 13.4. The summed E-state index contributed by atoms with van der Waals surface area (Å²) < 4.78 is 47.4. The molecule has 0 radical (unpaired) electrons. The third-order valence-electron chi connectivity index (χ3n) is 5.54. The van der Waals surface area contributed by atoms with E-state index in [0.29, 0.717) is 22.2 Å². The Labute approximate surface area is 218 Å². The molecule has 0 bridgehead atoms. The summed E-state index contributed by atoms with van der Waals surface area (Å²) in [5, 5.41) is 17.8. The van der Waals surface area contributed by atoms with Crippen LogP contribution in [-0.4, -0.2) is 25.8 Å². The summed E-state index contributed by atoms with van der Waals surface area (Å²) in [6.45, 7) is 0. The average molecular weight is 534 g/mol. The summed E-state index contributed by atoms with van der Waals surface area (Å²) in [5.74, 6) is 1.47. The lowest BCUT2D eigenvalue weighted by molar-refractivity contribution is -0.137. The van der Waals surface area contributed by atoms with Crippen molar-refractivity contribution < 1.29 is 17.9 Å². The van der Waals surface area contributed by atoms with Crippen molar-refractivity contribution in [3.8, 4) is 28.8 Å². The number of pyridine rings is 1. The first-order valence-corrected chi connectivity index (χ1v) is 12.3. The zero-order chi connectivity index (χ0) is 26.9. The number of alkyl halides is 3. The van der Waals surface area contributed by atoms with Crippen LogP contribution in [0, 0.1) is 11.3 Å². The van der Waals surface area contributed by atoms with Gasteiger partial charge in [-0.1, -0.05) is 12.1 Å². The highest BCUT2D eigenvalue weighted by molar-refractivity contribution is 7.98. The summed E-state index contributed by atoms with van der Waals surface area (Å²) in [4.78, 5) is 8.42. The molecule has 3 N–H and O–H groups in total. The second kappa shape index (κ2) is 9.95. The molecule has 0 aliphatic rings. The summed E-state index contributed by atoms with van der Waals surface area (Å²) in [6.07, 6.45) is 0.413. The summed E-state index contributed by atoms with van der Waals surface area (Å²) in [7, 11) is 0. The van der Waals surface area contributed by atoms with Crippen LogP contribution in [0.3, 0.4) is 0 Å². The molecule has 2 aromatic carbocycles. The molecule has 190 valence electrons. The number of nitrogens with two attached hydrogens (primary N) is 1. The Morgan fingerprint density at radius 2 is 1.76 bits per heavy atom. The minimum Gasteiger partial charge on any atom is -0.457 e. The van der Waals surface area contributed by atoms with Gasteiger partial charge >= 0.3 is 6.18 Å². The first kappa shape index (κ1) is 24.9. The summed E-state index contributed by atoms with van der Waals surface area (Å²) >= 11 is 1.19. The molecule has 0 fully saturated rings. The van der Waals surface area contributed by atoms with Crippen LogP contribution >= 0.6 is 11.8 Å². The molecular formula is C26H18F3N7OS. The number of hydrogen-bond acceptors (Lipinski definition) is 8. The fourth-order valence-corrected chi connectivity index (χ4v) is 4.30. The van der Waals surface area contributed by atoms with E-state index in [9.17, 15) is 18.4 Å². The number of nitrogens with zero attached hydrogens (tertiary/aromatic N) is 5. The van der Waals surface area contributed by atoms with Crippen LogP contribution < -0.4 is 15.8 Å². The van der Waals surface area contributed by atoms with Gasteiger partial charge in [-0.3, -0.25) is 4.98 Å². The van der Waals surface area contributed by atoms with Crippen LogP contribution in [0.5, 0.6) is 11.5 Å². The maximum Gasteiger partial charge on any atom is 0.416 e. The second-order valence-electron chi connectivity index (χ2n) is 7.97. The first-order valence-electron chi connectivity index (χ1n) is 11.1. The van der Waals surface area contributed by atoms with Crippen molar-refractivity contribution >= 4 is 34.6 Å². The van der Waals surface area contributed by atoms with E-state index in [1.807, 2.05) is 0 Å². The number of thioether (sulfide) groups is 1. The van der Waals surface area contributed by atoms with Crippen molar-refractivity contribution in [3.63, 3.8) is 0 Å². The number of ether oxygens (including phenoxy) is 1. The molecule has 5 aromatic rings. The Hall–Kier alpha value is -4.76. The van der Waals surface area contributed by atoms with Crippen molar-refractivity contribution in [3.05, 3.63) is 84.2 Å². The van der Waals surface area contributed by atoms with Gasteiger partial charge in [-0.25, -0.2) is 9.50 Å². The van der Waals surface area contributed by atoms with E-state index >= 15 is 0 Å². The van der Waals surface area contributed by atoms with E-state index < -0.39 is 11.7 Å². The molecule has 0 saturated carbocycles. The standard InChI is InChI=1S/C26H18F3N7OS/c1-38-25-20(14-30)22(15-3-2-4-16(13-15)26(27,28)29)36-24(34-25)21(31)23(35-36)33-17-5-7-18(8-6-17)37-19-9-11-32-12-10-19/h2-13H,31H2,1H3,(H,33,35). The van der Waals surface area contributed by atoms with Crippen molar-refractivity contribution in [2.24, 2.45) is 0 Å². The Balaban J connectivity index is 1.56. The van der Waals surface area contributed by atoms with Crippen LogP contribution in [0.25, 0.3) is 16.9 Å². The van der Waals surface area contributed by atoms with Gasteiger partial charge in [-0.2, -0.15) is 18.4 Å². The molecule has 38 heavy (non-hydrogen) atoms. The van der Waals surface area contributed by atoms with Gasteiger partial charge in [-0.15, -0.1) is 16.9 Å². The predicted molar refractivity (Wildman–Crippen MR) is 138 cm³/mol. The maximum absolute atomic E-state index is 13.4. The third-order valence-corrected chi connectivity index (χ3v) is 6.22. The van der Waals surface area contributed by atoms with E-state index in [4.69, 9.17) is 10.5 Å².